The number of hydrogen-bond donors (Lipinski definition) is 0. The zero-order valence-corrected chi connectivity index (χ0v) is 11.1. The smallest absolute Gasteiger partial charge is 0.123 e. The monoisotopic (exact) mass is 232 g/mol. The molecule has 0 aromatic heterocycles. The molecule has 17 heavy (non-hydrogen) atoms. The van der Waals surface area contributed by atoms with Crippen LogP contribution in [0.4, 0.5) is 4.39 Å². The fraction of sp³-hybridized carbons (Fsp3) is 0.250. The van der Waals surface area contributed by atoms with Crippen LogP contribution in [0.3, 0.4) is 0 Å². The van der Waals surface area contributed by atoms with Crippen LogP contribution in [-0.4, -0.2) is 0 Å². The van der Waals surface area contributed by atoms with Crippen molar-refractivity contribution in [3.05, 3.63) is 71.5 Å². The topological polar surface area (TPSA) is 0 Å². The second-order valence-corrected chi connectivity index (χ2v) is 3.45. The Morgan fingerprint density at radius 2 is 1.24 bits per heavy atom. The van der Waals surface area contributed by atoms with Crippen LogP contribution < -0.4 is 0 Å². The van der Waals surface area contributed by atoms with Gasteiger partial charge in [0, 0.05) is 0 Å². The molecule has 0 heterocycles. The van der Waals surface area contributed by atoms with E-state index in [0.717, 1.165) is 5.56 Å². The molecule has 0 unspecified atom stereocenters. The van der Waals surface area contributed by atoms with Gasteiger partial charge in [0.15, 0.2) is 0 Å². The summed E-state index contributed by atoms with van der Waals surface area (Å²) in [6, 6.07) is 16.8. The van der Waals surface area contributed by atoms with Crippen molar-refractivity contribution in [3.8, 4) is 0 Å². The largest absolute Gasteiger partial charge is 0.207 e. The number of rotatable bonds is 0. The Kier molecular flexibility index (Phi) is 8.67. The molecule has 0 fully saturated rings. The summed E-state index contributed by atoms with van der Waals surface area (Å²) in [5, 5.41) is 0. The van der Waals surface area contributed by atoms with Gasteiger partial charge < -0.3 is 0 Å². The van der Waals surface area contributed by atoms with Gasteiger partial charge in [0.2, 0.25) is 0 Å². The lowest BCUT2D eigenvalue weighted by molar-refractivity contribution is 0.626. The fourth-order valence-corrected chi connectivity index (χ4v) is 1.14. The van der Waals surface area contributed by atoms with Crippen LogP contribution in [0.25, 0.3) is 0 Å². The first kappa shape index (κ1) is 15.4. The summed E-state index contributed by atoms with van der Waals surface area (Å²) in [4.78, 5) is 0. The van der Waals surface area contributed by atoms with Gasteiger partial charge in [-0.15, -0.1) is 0 Å². The van der Waals surface area contributed by atoms with Crippen molar-refractivity contribution in [2.24, 2.45) is 0 Å². The maximum atomic E-state index is 12.2. The standard InChI is InChI=1S/C7H7F.C7H8.C2H6/c1-6-3-2-4-7(8)5-6;1-7-5-3-2-4-6-7;1-2/h2-5H,1H3;2-6H,1H3;1-2H3. The predicted molar refractivity (Wildman–Crippen MR) is 73.7 cm³/mol. The first-order valence-electron chi connectivity index (χ1n) is 5.92. The van der Waals surface area contributed by atoms with Crippen LogP contribution in [0, 0.1) is 19.7 Å². The van der Waals surface area contributed by atoms with E-state index in [2.05, 4.69) is 19.1 Å². The fourth-order valence-electron chi connectivity index (χ4n) is 1.14. The van der Waals surface area contributed by atoms with Crippen molar-refractivity contribution in [1.29, 1.82) is 0 Å². The van der Waals surface area contributed by atoms with E-state index in [1.807, 2.05) is 45.0 Å². The molecule has 0 spiro atoms. The summed E-state index contributed by atoms with van der Waals surface area (Å²) < 4.78 is 12.2. The van der Waals surface area contributed by atoms with Crippen LogP contribution in [0.2, 0.25) is 0 Å². The lowest BCUT2D eigenvalue weighted by Gasteiger charge is -1.87. The van der Waals surface area contributed by atoms with E-state index in [-0.39, 0.29) is 5.82 Å². The van der Waals surface area contributed by atoms with Crippen LogP contribution in [0.5, 0.6) is 0 Å². The summed E-state index contributed by atoms with van der Waals surface area (Å²) in [6.07, 6.45) is 0. The zero-order chi connectivity index (χ0) is 13.1. The maximum Gasteiger partial charge on any atom is 0.123 e. The van der Waals surface area contributed by atoms with Gasteiger partial charge in [-0.05, 0) is 31.5 Å². The molecule has 0 aliphatic carbocycles. The lowest BCUT2D eigenvalue weighted by Crippen LogP contribution is -1.72. The molecule has 0 N–H and O–H groups in total. The van der Waals surface area contributed by atoms with Gasteiger partial charge in [-0.3, -0.25) is 0 Å². The second-order valence-electron chi connectivity index (χ2n) is 3.45. The molecule has 0 amide bonds. The number of benzene rings is 2. The minimum absolute atomic E-state index is 0.162. The van der Waals surface area contributed by atoms with Gasteiger partial charge >= 0.3 is 0 Å². The van der Waals surface area contributed by atoms with Crippen LogP contribution in [0.1, 0.15) is 25.0 Å². The third-order valence-corrected chi connectivity index (χ3v) is 1.92. The molecular weight excluding hydrogens is 211 g/mol. The Hall–Kier alpha value is -1.63. The summed E-state index contributed by atoms with van der Waals surface area (Å²) in [6.45, 7) is 7.95. The highest BCUT2D eigenvalue weighted by Crippen LogP contribution is 1.99. The highest BCUT2D eigenvalue weighted by molar-refractivity contribution is 5.13. The zero-order valence-electron chi connectivity index (χ0n) is 11.1. The average Bonchev–Trinajstić information content (AvgIpc) is 2.33. The van der Waals surface area contributed by atoms with E-state index >= 15 is 0 Å². The highest BCUT2D eigenvalue weighted by atomic mass is 19.1. The molecule has 0 radical (unpaired) electrons. The number of aryl methyl sites for hydroxylation is 2. The quantitative estimate of drug-likeness (QED) is 0.589. The van der Waals surface area contributed by atoms with Crippen molar-refractivity contribution < 1.29 is 4.39 Å². The molecule has 0 saturated carbocycles. The van der Waals surface area contributed by atoms with Crippen molar-refractivity contribution in [2.75, 3.05) is 0 Å². The van der Waals surface area contributed by atoms with Gasteiger partial charge in [-0.1, -0.05) is 61.9 Å². The van der Waals surface area contributed by atoms with E-state index in [0.29, 0.717) is 0 Å². The Morgan fingerprint density at radius 1 is 0.706 bits per heavy atom. The Balaban J connectivity index is 0.000000265. The first-order valence-corrected chi connectivity index (χ1v) is 5.92. The van der Waals surface area contributed by atoms with E-state index in [1.165, 1.54) is 17.7 Å². The molecule has 0 aliphatic heterocycles. The van der Waals surface area contributed by atoms with E-state index in [1.54, 1.807) is 6.07 Å². The number of hydrogen-bond acceptors (Lipinski definition) is 0. The van der Waals surface area contributed by atoms with Crippen molar-refractivity contribution in [1.82, 2.24) is 0 Å². The molecule has 92 valence electrons. The van der Waals surface area contributed by atoms with Crippen molar-refractivity contribution >= 4 is 0 Å². The first-order chi connectivity index (χ1) is 8.18. The predicted octanol–water partition coefficient (Wildman–Crippen LogP) is 5.16. The SMILES string of the molecule is CC.Cc1cccc(F)c1.Cc1ccccc1. The molecule has 2 aromatic rings. The van der Waals surface area contributed by atoms with E-state index in [4.69, 9.17) is 0 Å². The second kappa shape index (κ2) is 9.59. The molecule has 1 heteroatoms. The molecule has 0 atom stereocenters. The Labute approximate surface area is 104 Å². The van der Waals surface area contributed by atoms with Crippen LogP contribution >= 0.6 is 0 Å². The summed E-state index contributed by atoms with van der Waals surface area (Å²) >= 11 is 0. The average molecular weight is 232 g/mol. The molecule has 0 nitrogen and oxygen atoms in total. The van der Waals surface area contributed by atoms with Gasteiger partial charge in [0.1, 0.15) is 5.82 Å². The minimum Gasteiger partial charge on any atom is -0.207 e. The van der Waals surface area contributed by atoms with Crippen molar-refractivity contribution in [2.45, 2.75) is 27.7 Å². The molecule has 0 aliphatic rings. The summed E-state index contributed by atoms with van der Waals surface area (Å²) in [7, 11) is 0. The third-order valence-electron chi connectivity index (χ3n) is 1.92. The molecule has 2 rings (SSSR count). The summed E-state index contributed by atoms with van der Waals surface area (Å²) in [5.41, 5.74) is 2.28. The molecule has 2 aromatic carbocycles. The van der Waals surface area contributed by atoms with E-state index < -0.39 is 0 Å². The van der Waals surface area contributed by atoms with Gasteiger partial charge in [0.05, 0.1) is 0 Å². The molecule has 0 bridgehead atoms. The summed E-state index contributed by atoms with van der Waals surface area (Å²) in [5.74, 6) is -0.162. The molecular formula is C16H21F. The van der Waals surface area contributed by atoms with Gasteiger partial charge in [-0.2, -0.15) is 0 Å². The van der Waals surface area contributed by atoms with E-state index in [9.17, 15) is 4.39 Å². The van der Waals surface area contributed by atoms with Gasteiger partial charge in [0.25, 0.3) is 0 Å². The maximum absolute atomic E-state index is 12.2. The Bertz CT molecular complexity index is 376. The van der Waals surface area contributed by atoms with Crippen molar-refractivity contribution in [3.63, 3.8) is 0 Å². The lowest BCUT2D eigenvalue weighted by atomic mass is 10.2. The normalized spacial score (nSPS) is 8.29. The highest BCUT2D eigenvalue weighted by Gasteiger charge is 1.84. The number of halogens is 1. The van der Waals surface area contributed by atoms with Crippen LogP contribution in [-0.2, 0) is 0 Å². The third kappa shape index (κ3) is 8.21. The molecule has 0 saturated heterocycles. The minimum atomic E-state index is -0.162. The van der Waals surface area contributed by atoms with Gasteiger partial charge in [-0.25, -0.2) is 4.39 Å². The Morgan fingerprint density at radius 3 is 1.53 bits per heavy atom. The van der Waals surface area contributed by atoms with Crippen LogP contribution in [0.15, 0.2) is 54.6 Å².